The molecule has 1 fully saturated rings. The summed E-state index contributed by atoms with van der Waals surface area (Å²) < 4.78 is 11.2. The first-order valence-electron chi connectivity index (χ1n) is 7.41. The van der Waals surface area contributed by atoms with Crippen LogP contribution in [0.15, 0.2) is 30.5 Å². The smallest absolute Gasteiger partial charge is 0.134 e. The fourth-order valence-electron chi connectivity index (χ4n) is 3.02. The number of aromatic nitrogens is 1. The second-order valence-corrected chi connectivity index (χ2v) is 6.16. The van der Waals surface area contributed by atoms with Gasteiger partial charge in [0.2, 0.25) is 0 Å². The molecule has 3 rings (SSSR count). The van der Waals surface area contributed by atoms with Gasteiger partial charge < -0.3 is 14.8 Å². The first-order valence-corrected chi connectivity index (χ1v) is 7.41. The number of anilines is 1. The minimum atomic E-state index is -0.0712. The van der Waals surface area contributed by atoms with E-state index in [1.165, 1.54) is 0 Å². The Bertz CT molecular complexity index is 640. The Hall–Kier alpha value is -1.81. The third-order valence-corrected chi connectivity index (χ3v) is 4.02. The van der Waals surface area contributed by atoms with Gasteiger partial charge in [-0.3, -0.25) is 0 Å². The summed E-state index contributed by atoms with van der Waals surface area (Å²) in [6.45, 7) is 5.07. The van der Waals surface area contributed by atoms with Crippen LogP contribution in [-0.4, -0.2) is 30.3 Å². The lowest BCUT2D eigenvalue weighted by Gasteiger charge is -2.36. The SMILES string of the molecule is COc1cccc2c(NC3CCOC(C)(C)C3)nccc12. The van der Waals surface area contributed by atoms with Gasteiger partial charge in [-0.25, -0.2) is 4.98 Å². The number of methoxy groups -OCH3 is 1. The van der Waals surface area contributed by atoms with Crippen LogP contribution in [0.3, 0.4) is 0 Å². The van der Waals surface area contributed by atoms with Crippen molar-refractivity contribution >= 4 is 16.6 Å². The van der Waals surface area contributed by atoms with Crippen LogP contribution in [0, 0.1) is 0 Å². The Kier molecular flexibility index (Phi) is 3.72. The van der Waals surface area contributed by atoms with Crippen LogP contribution in [0.5, 0.6) is 5.75 Å². The van der Waals surface area contributed by atoms with E-state index in [9.17, 15) is 0 Å². The van der Waals surface area contributed by atoms with Crippen molar-refractivity contribution in [2.24, 2.45) is 0 Å². The summed E-state index contributed by atoms with van der Waals surface area (Å²) >= 11 is 0. The highest BCUT2D eigenvalue weighted by atomic mass is 16.5. The molecule has 0 amide bonds. The molecule has 0 saturated carbocycles. The molecular formula is C17H22N2O2. The number of nitrogens with zero attached hydrogens (tertiary/aromatic N) is 1. The van der Waals surface area contributed by atoms with Crippen molar-refractivity contribution in [2.75, 3.05) is 19.0 Å². The van der Waals surface area contributed by atoms with Crippen molar-refractivity contribution in [3.8, 4) is 5.75 Å². The Balaban J connectivity index is 1.91. The van der Waals surface area contributed by atoms with E-state index < -0.39 is 0 Å². The van der Waals surface area contributed by atoms with Gasteiger partial charge in [0.15, 0.2) is 0 Å². The fraction of sp³-hybridized carbons (Fsp3) is 0.471. The highest BCUT2D eigenvalue weighted by Gasteiger charge is 2.29. The van der Waals surface area contributed by atoms with Gasteiger partial charge in [-0.2, -0.15) is 0 Å². The average Bonchev–Trinajstić information content (AvgIpc) is 2.46. The number of hydrogen-bond donors (Lipinski definition) is 1. The van der Waals surface area contributed by atoms with Gasteiger partial charge in [-0.15, -0.1) is 0 Å². The van der Waals surface area contributed by atoms with Gasteiger partial charge in [0.25, 0.3) is 0 Å². The van der Waals surface area contributed by atoms with Crippen LogP contribution in [0.1, 0.15) is 26.7 Å². The van der Waals surface area contributed by atoms with Crippen molar-refractivity contribution in [1.29, 1.82) is 0 Å². The third kappa shape index (κ3) is 2.95. The first kappa shape index (κ1) is 14.1. The summed E-state index contributed by atoms with van der Waals surface area (Å²) in [6, 6.07) is 8.44. The van der Waals surface area contributed by atoms with Crippen molar-refractivity contribution in [3.63, 3.8) is 0 Å². The fourth-order valence-corrected chi connectivity index (χ4v) is 3.02. The van der Waals surface area contributed by atoms with Crippen LogP contribution in [-0.2, 0) is 4.74 Å². The van der Waals surface area contributed by atoms with E-state index in [1.54, 1.807) is 7.11 Å². The van der Waals surface area contributed by atoms with E-state index in [0.717, 1.165) is 41.8 Å². The number of pyridine rings is 1. The van der Waals surface area contributed by atoms with Crippen molar-refractivity contribution < 1.29 is 9.47 Å². The molecule has 21 heavy (non-hydrogen) atoms. The van der Waals surface area contributed by atoms with Crippen LogP contribution < -0.4 is 10.1 Å². The average molecular weight is 286 g/mol. The van der Waals surface area contributed by atoms with Crippen LogP contribution >= 0.6 is 0 Å². The Morgan fingerprint density at radius 3 is 2.90 bits per heavy atom. The Labute approximate surface area is 125 Å². The zero-order chi connectivity index (χ0) is 14.9. The number of benzene rings is 1. The molecule has 1 aromatic carbocycles. The maximum absolute atomic E-state index is 5.78. The number of hydrogen-bond acceptors (Lipinski definition) is 4. The summed E-state index contributed by atoms with van der Waals surface area (Å²) in [5.74, 6) is 1.80. The number of ether oxygens (including phenoxy) is 2. The molecule has 1 N–H and O–H groups in total. The molecule has 1 aromatic heterocycles. The van der Waals surface area contributed by atoms with E-state index in [-0.39, 0.29) is 5.60 Å². The zero-order valence-corrected chi connectivity index (χ0v) is 12.8. The molecule has 1 aliphatic rings. The maximum atomic E-state index is 5.78. The Morgan fingerprint density at radius 1 is 1.29 bits per heavy atom. The van der Waals surface area contributed by atoms with Crippen molar-refractivity contribution in [1.82, 2.24) is 4.98 Å². The van der Waals surface area contributed by atoms with E-state index in [0.29, 0.717) is 6.04 Å². The molecule has 1 unspecified atom stereocenters. The van der Waals surface area contributed by atoms with E-state index >= 15 is 0 Å². The second kappa shape index (κ2) is 5.53. The van der Waals surface area contributed by atoms with Gasteiger partial charge in [0.1, 0.15) is 11.6 Å². The summed E-state index contributed by atoms with van der Waals surface area (Å²) in [5.41, 5.74) is -0.0712. The molecule has 2 aromatic rings. The van der Waals surface area contributed by atoms with Gasteiger partial charge in [0.05, 0.1) is 12.7 Å². The number of rotatable bonds is 3. The van der Waals surface area contributed by atoms with Crippen LogP contribution in [0.25, 0.3) is 10.8 Å². The lowest BCUT2D eigenvalue weighted by Crippen LogP contribution is -2.40. The predicted octanol–water partition coefficient (Wildman–Crippen LogP) is 3.61. The highest BCUT2D eigenvalue weighted by Crippen LogP contribution is 2.31. The van der Waals surface area contributed by atoms with E-state index in [4.69, 9.17) is 9.47 Å². The third-order valence-electron chi connectivity index (χ3n) is 4.02. The van der Waals surface area contributed by atoms with Gasteiger partial charge in [0, 0.05) is 29.6 Å². The highest BCUT2D eigenvalue weighted by molar-refractivity contribution is 5.95. The number of fused-ring (bicyclic) bond motifs is 1. The van der Waals surface area contributed by atoms with E-state index in [1.807, 2.05) is 24.4 Å². The maximum Gasteiger partial charge on any atom is 0.134 e. The molecule has 1 atom stereocenters. The molecule has 4 nitrogen and oxygen atoms in total. The molecule has 0 aliphatic carbocycles. The van der Waals surface area contributed by atoms with Crippen LogP contribution in [0.2, 0.25) is 0 Å². The van der Waals surface area contributed by atoms with Crippen molar-refractivity contribution in [3.05, 3.63) is 30.5 Å². The topological polar surface area (TPSA) is 43.4 Å². The monoisotopic (exact) mass is 286 g/mol. The summed E-state index contributed by atoms with van der Waals surface area (Å²) in [7, 11) is 1.70. The largest absolute Gasteiger partial charge is 0.496 e. The van der Waals surface area contributed by atoms with E-state index in [2.05, 4.69) is 30.2 Å². The standard InChI is InChI=1S/C17H22N2O2/c1-17(2)11-12(8-10-21-17)19-16-14-5-4-6-15(20-3)13(14)7-9-18-16/h4-7,9,12H,8,10-11H2,1-3H3,(H,18,19). The lowest BCUT2D eigenvalue weighted by molar-refractivity contribution is -0.0553. The zero-order valence-electron chi connectivity index (χ0n) is 12.8. The summed E-state index contributed by atoms with van der Waals surface area (Å²) in [6.07, 6.45) is 3.82. The van der Waals surface area contributed by atoms with Gasteiger partial charge >= 0.3 is 0 Å². The van der Waals surface area contributed by atoms with Gasteiger partial charge in [-0.1, -0.05) is 12.1 Å². The molecule has 0 radical (unpaired) electrons. The quantitative estimate of drug-likeness (QED) is 0.936. The second-order valence-electron chi connectivity index (χ2n) is 6.16. The molecule has 1 saturated heterocycles. The normalized spacial score (nSPS) is 21.2. The molecular weight excluding hydrogens is 264 g/mol. The number of nitrogens with one attached hydrogen (secondary N) is 1. The van der Waals surface area contributed by atoms with Crippen LogP contribution in [0.4, 0.5) is 5.82 Å². The minimum absolute atomic E-state index is 0.0712. The summed E-state index contributed by atoms with van der Waals surface area (Å²) in [4.78, 5) is 4.52. The van der Waals surface area contributed by atoms with Gasteiger partial charge in [-0.05, 0) is 38.8 Å². The molecule has 1 aliphatic heterocycles. The lowest BCUT2D eigenvalue weighted by atomic mass is 9.94. The first-order chi connectivity index (χ1) is 10.1. The minimum Gasteiger partial charge on any atom is -0.496 e. The van der Waals surface area contributed by atoms with Crippen molar-refractivity contribution in [2.45, 2.75) is 38.3 Å². The predicted molar refractivity (Wildman–Crippen MR) is 85.0 cm³/mol. The molecule has 2 heterocycles. The summed E-state index contributed by atoms with van der Waals surface area (Å²) in [5, 5.41) is 5.77. The molecule has 4 heteroatoms. The molecule has 0 spiro atoms. The molecule has 0 bridgehead atoms. The molecule has 112 valence electrons. The Morgan fingerprint density at radius 2 is 2.14 bits per heavy atom.